The van der Waals surface area contributed by atoms with Crippen molar-refractivity contribution in [3.63, 3.8) is 0 Å². The molecule has 20 heavy (non-hydrogen) atoms. The van der Waals surface area contributed by atoms with Gasteiger partial charge in [0.2, 0.25) is 0 Å². The third-order valence-corrected chi connectivity index (χ3v) is 4.85. The maximum absolute atomic E-state index is 13.4. The van der Waals surface area contributed by atoms with Gasteiger partial charge in [-0.3, -0.25) is 4.79 Å². The molecule has 0 spiro atoms. The summed E-state index contributed by atoms with van der Waals surface area (Å²) < 4.78 is 13.4. The number of carboxylic acids is 1. The summed E-state index contributed by atoms with van der Waals surface area (Å²) >= 11 is 1.49. The van der Waals surface area contributed by atoms with Crippen LogP contribution in [0.3, 0.4) is 0 Å². The second kappa shape index (κ2) is 4.98. The van der Waals surface area contributed by atoms with Crippen LogP contribution in [0.15, 0.2) is 18.2 Å². The SMILES string of the molecule is Cc1ccc(F)cc1-c1nc2c(s1)CCCC2C(=O)O. The molecule has 3 nitrogen and oxygen atoms in total. The van der Waals surface area contributed by atoms with E-state index < -0.39 is 11.9 Å². The van der Waals surface area contributed by atoms with Crippen molar-refractivity contribution in [1.82, 2.24) is 4.98 Å². The van der Waals surface area contributed by atoms with Gasteiger partial charge >= 0.3 is 5.97 Å². The number of hydrogen-bond donors (Lipinski definition) is 1. The Kier molecular flexibility index (Phi) is 3.30. The van der Waals surface area contributed by atoms with Crippen LogP contribution < -0.4 is 0 Å². The first-order valence-electron chi connectivity index (χ1n) is 6.55. The molecule has 0 amide bonds. The number of hydrogen-bond acceptors (Lipinski definition) is 3. The summed E-state index contributed by atoms with van der Waals surface area (Å²) in [6.07, 6.45) is 2.37. The Balaban J connectivity index is 2.09. The highest BCUT2D eigenvalue weighted by molar-refractivity contribution is 7.15. The van der Waals surface area contributed by atoms with E-state index in [-0.39, 0.29) is 5.82 Å². The number of aliphatic carboxylic acids is 1. The van der Waals surface area contributed by atoms with E-state index in [1.54, 1.807) is 6.07 Å². The lowest BCUT2D eigenvalue weighted by molar-refractivity contribution is -0.139. The lowest BCUT2D eigenvalue weighted by Crippen LogP contribution is -2.17. The van der Waals surface area contributed by atoms with Crippen molar-refractivity contribution in [3.05, 3.63) is 40.2 Å². The highest BCUT2D eigenvalue weighted by Gasteiger charge is 2.30. The molecule has 1 atom stereocenters. The van der Waals surface area contributed by atoms with E-state index in [2.05, 4.69) is 4.98 Å². The summed E-state index contributed by atoms with van der Waals surface area (Å²) in [7, 11) is 0. The number of aromatic nitrogens is 1. The van der Waals surface area contributed by atoms with E-state index in [1.165, 1.54) is 23.5 Å². The number of thiazole rings is 1. The van der Waals surface area contributed by atoms with Gasteiger partial charge in [-0.05, 0) is 43.9 Å². The molecule has 1 aromatic heterocycles. The van der Waals surface area contributed by atoms with Gasteiger partial charge < -0.3 is 5.11 Å². The molecule has 1 N–H and O–H groups in total. The van der Waals surface area contributed by atoms with E-state index in [1.807, 2.05) is 6.92 Å². The minimum absolute atomic E-state index is 0.298. The van der Waals surface area contributed by atoms with Crippen molar-refractivity contribution in [1.29, 1.82) is 0 Å². The Bertz CT molecular complexity index is 681. The third-order valence-electron chi connectivity index (χ3n) is 3.68. The Morgan fingerprint density at radius 3 is 3.05 bits per heavy atom. The molecule has 0 fully saturated rings. The predicted octanol–water partition coefficient (Wildman–Crippen LogP) is 3.76. The Morgan fingerprint density at radius 2 is 2.30 bits per heavy atom. The van der Waals surface area contributed by atoms with Gasteiger partial charge in [-0.25, -0.2) is 9.37 Å². The Hall–Kier alpha value is -1.75. The molecule has 3 rings (SSSR count). The van der Waals surface area contributed by atoms with Crippen molar-refractivity contribution in [2.24, 2.45) is 0 Å². The number of nitrogens with zero attached hydrogens (tertiary/aromatic N) is 1. The van der Waals surface area contributed by atoms with E-state index in [4.69, 9.17) is 0 Å². The van der Waals surface area contributed by atoms with Crippen molar-refractivity contribution < 1.29 is 14.3 Å². The number of halogens is 1. The fraction of sp³-hybridized carbons (Fsp3) is 0.333. The minimum Gasteiger partial charge on any atom is -0.481 e. The average molecular weight is 291 g/mol. The molecule has 0 saturated heterocycles. The van der Waals surface area contributed by atoms with E-state index in [0.717, 1.165) is 33.9 Å². The zero-order valence-electron chi connectivity index (χ0n) is 11.0. The number of aryl methyl sites for hydroxylation is 2. The lowest BCUT2D eigenvalue weighted by Gasteiger charge is -2.16. The molecule has 0 radical (unpaired) electrons. The van der Waals surface area contributed by atoms with Crippen LogP contribution in [0.25, 0.3) is 10.6 Å². The summed E-state index contributed by atoms with van der Waals surface area (Å²) in [6.45, 7) is 1.91. The first-order valence-corrected chi connectivity index (χ1v) is 7.37. The second-order valence-electron chi connectivity index (χ2n) is 5.07. The summed E-state index contributed by atoms with van der Waals surface area (Å²) in [5.74, 6) is -1.63. The number of rotatable bonds is 2. The Labute approximate surface area is 120 Å². The number of fused-ring (bicyclic) bond motifs is 1. The first-order chi connectivity index (χ1) is 9.56. The van der Waals surface area contributed by atoms with Crippen LogP contribution in [0.2, 0.25) is 0 Å². The van der Waals surface area contributed by atoms with E-state index >= 15 is 0 Å². The standard InChI is InChI=1S/C15H14FNO2S/c1-8-5-6-9(16)7-11(8)14-17-13-10(15(18)19)3-2-4-12(13)20-14/h5-7,10H,2-4H2,1H3,(H,18,19). The zero-order chi connectivity index (χ0) is 14.3. The molecule has 0 saturated carbocycles. The summed E-state index contributed by atoms with van der Waals surface area (Å²) in [6, 6.07) is 4.61. The first kappa shape index (κ1) is 13.2. The monoisotopic (exact) mass is 291 g/mol. The van der Waals surface area contributed by atoms with E-state index in [9.17, 15) is 14.3 Å². The molecule has 0 aliphatic heterocycles. The van der Waals surface area contributed by atoms with Gasteiger partial charge in [0.25, 0.3) is 0 Å². The van der Waals surface area contributed by atoms with Gasteiger partial charge in [0.1, 0.15) is 10.8 Å². The number of carboxylic acid groups (broad SMARTS) is 1. The predicted molar refractivity (Wildman–Crippen MR) is 75.6 cm³/mol. The molecule has 1 aliphatic rings. The van der Waals surface area contributed by atoms with Gasteiger partial charge in [0.15, 0.2) is 0 Å². The third kappa shape index (κ3) is 2.22. The molecule has 0 bridgehead atoms. The van der Waals surface area contributed by atoms with Crippen LogP contribution in [0.1, 0.15) is 34.9 Å². The fourth-order valence-electron chi connectivity index (χ4n) is 2.60. The van der Waals surface area contributed by atoms with Gasteiger partial charge in [-0.2, -0.15) is 0 Å². The fourth-order valence-corrected chi connectivity index (χ4v) is 3.84. The highest BCUT2D eigenvalue weighted by atomic mass is 32.1. The van der Waals surface area contributed by atoms with E-state index in [0.29, 0.717) is 12.1 Å². The average Bonchev–Trinajstić information content (AvgIpc) is 2.84. The topological polar surface area (TPSA) is 50.2 Å². The molecule has 104 valence electrons. The van der Waals surface area contributed by atoms with Crippen LogP contribution in [0, 0.1) is 12.7 Å². The molecule has 1 aromatic carbocycles. The maximum Gasteiger partial charge on any atom is 0.312 e. The minimum atomic E-state index is -0.821. The van der Waals surface area contributed by atoms with Crippen LogP contribution in [-0.4, -0.2) is 16.1 Å². The summed E-state index contributed by atoms with van der Waals surface area (Å²) in [4.78, 5) is 16.8. The van der Waals surface area contributed by atoms with Crippen molar-refractivity contribution in [2.75, 3.05) is 0 Å². The van der Waals surface area contributed by atoms with Gasteiger partial charge in [-0.15, -0.1) is 11.3 Å². The molecule has 1 heterocycles. The van der Waals surface area contributed by atoms with Crippen LogP contribution in [-0.2, 0) is 11.2 Å². The quantitative estimate of drug-likeness (QED) is 0.916. The molecule has 5 heteroatoms. The second-order valence-corrected chi connectivity index (χ2v) is 6.15. The molecule has 2 aromatic rings. The van der Waals surface area contributed by atoms with Crippen molar-refractivity contribution >= 4 is 17.3 Å². The normalized spacial score (nSPS) is 17.8. The van der Waals surface area contributed by atoms with Crippen molar-refractivity contribution in [3.8, 4) is 10.6 Å². The number of benzene rings is 1. The van der Waals surface area contributed by atoms with Crippen LogP contribution in [0.4, 0.5) is 4.39 Å². The molecular weight excluding hydrogens is 277 g/mol. The lowest BCUT2D eigenvalue weighted by atomic mass is 9.91. The molecular formula is C15H14FNO2S. The number of carbonyl (C=O) groups is 1. The Morgan fingerprint density at radius 1 is 1.50 bits per heavy atom. The molecule has 1 unspecified atom stereocenters. The van der Waals surface area contributed by atoms with Crippen LogP contribution in [0.5, 0.6) is 0 Å². The van der Waals surface area contributed by atoms with Crippen LogP contribution >= 0.6 is 11.3 Å². The van der Waals surface area contributed by atoms with Gasteiger partial charge in [0, 0.05) is 10.4 Å². The maximum atomic E-state index is 13.4. The van der Waals surface area contributed by atoms with Gasteiger partial charge in [-0.1, -0.05) is 6.07 Å². The smallest absolute Gasteiger partial charge is 0.312 e. The van der Waals surface area contributed by atoms with Gasteiger partial charge in [0.05, 0.1) is 11.6 Å². The zero-order valence-corrected chi connectivity index (χ0v) is 11.8. The van der Waals surface area contributed by atoms with Crippen molar-refractivity contribution in [2.45, 2.75) is 32.1 Å². The highest BCUT2D eigenvalue weighted by Crippen LogP contribution is 2.39. The molecule has 1 aliphatic carbocycles. The summed E-state index contributed by atoms with van der Waals surface area (Å²) in [5.41, 5.74) is 2.38. The summed E-state index contributed by atoms with van der Waals surface area (Å²) in [5, 5.41) is 9.99. The largest absolute Gasteiger partial charge is 0.481 e.